The molecule has 0 aliphatic rings. The molecule has 0 aliphatic heterocycles. The molecule has 4 N–H and O–H groups in total. The van der Waals surface area contributed by atoms with Crippen LogP contribution >= 0.6 is 0 Å². The molecule has 0 bridgehead atoms. The summed E-state index contributed by atoms with van der Waals surface area (Å²) >= 11 is 0. The molecule has 0 saturated carbocycles. The summed E-state index contributed by atoms with van der Waals surface area (Å²) in [4.78, 5) is 9.65. The summed E-state index contributed by atoms with van der Waals surface area (Å²) in [7, 11) is 0. The van der Waals surface area contributed by atoms with Crippen LogP contribution in [0.5, 0.6) is 0 Å². The number of aliphatic hydroxyl groups is 1. The van der Waals surface area contributed by atoms with Crippen molar-refractivity contribution in [2.45, 2.75) is 6.04 Å². The summed E-state index contributed by atoms with van der Waals surface area (Å²) in [6.07, 6.45) is 0. The molecule has 0 aliphatic carbocycles. The quantitative estimate of drug-likeness (QED) is 0.474. The molecule has 0 aromatic rings. The topological polar surface area (TPSA) is 83.5 Å². The van der Waals surface area contributed by atoms with Gasteiger partial charge in [0.2, 0.25) is 0 Å². The van der Waals surface area contributed by atoms with Crippen molar-refractivity contribution in [2.75, 3.05) is 6.61 Å². The van der Waals surface area contributed by atoms with Gasteiger partial charge in [-0.05, 0) is 0 Å². The summed E-state index contributed by atoms with van der Waals surface area (Å²) in [5, 5.41) is 15.9. The van der Waals surface area contributed by atoms with Gasteiger partial charge in [0.05, 0.1) is 6.61 Å². The van der Waals surface area contributed by atoms with Crippen LogP contribution in [0.25, 0.3) is 0 Å². The molecular formula is C3H7NO3Sn. The largest absolute Gasteiger partial charge is 0.480 e. The van der Waals surface area contributed by atoms with E-state index in [9.17, 15) is 4.79 Å². The van der Waals surface area contributed by atoms with Gasteiger partial charge in [-0.2, -0.15) is 0 Å². The molecule has 0 saturated heterocycles. The summed E-state index contributed by atoms with van der Waals surface area (Å²) in [5.41, 5.74) is 4.77. The number of hydrogen-bond donors (Lipinski definition) is 3. The predicted molar refractivity (Wildman–Crippen MR) is 28.5 cm³/mol. The van der Waals surface area contributed by atoms with Crippen molar-refractivity contribution in [3.63, 3.8) is 0 Å². The molecule has 46 valence electrons. The number of rotatable bonds is 2. The second kappa shape index (κ2) is 5.33. The maximum absolute atomic E-state index is 9.65. The van der Waals surface area contributed by atoms with Crippen molar-refractivity contribution in [3.05, 3.63) is 0 Å². The van der Waals surface area contributed by atoms with E-state index < -0.39 is 18.6 Å². The molecule has 0 amide bonds. The van der Waals surface area contributed by atoms with Gasteiger partial charge in [-0.3, -0.25) is 4.79 Å². The Labute approximate surface area is 63.6 Å². The second-order valence-corrected chi connectivity index (χ2v) is 1.13. The van der Waals surface area contributed by atoms with Crippen molar-refractivity contribution in [1.82, 2.24) is 0 Å². The van der Waals surface area contributed by atoms with E-state index in [4.69, 9.17) is 15.9 Å². The molecule has 0 spiro atoms. The van der Waals surface area contributed by atoms with Gasteiger partial charge in [0.1, 0.15) is 6.04 Å². The van der Waals surface area contributed by atoms with Crippen molar-refractivity contribution < 1.29 is 15.0 Å². The first-order chi connectivity index (χ1) is 3.18. The Hall–Kier alpha value is 0.189. The van der Waals surface area contributed by atoms with Gasteiger partial charge in [0, 0.05) is 23.9 Å². The molecule has 0 aromatic heterocycles. The van der Waals surface area contributed by atoms with Gasteiger partial charge in [-0.15, -0.1) is 0 Å². The van der Waals surface area contributed by atoms with E-state index in [2.05, 4.69) is 0 Å². The van der Waals surface area contributed by atoms with Gasteiger partial charge in [0.25, 0.3) is 0 Å². The van der Waals surface area contributed by atoms with E-state index in [1.165, 1.54) is 0 Å². The fourth-order valence-corrected chi connectivity index (χ4v) is 0.0781. The van der Waals surface area contributed by atoms with Crippen molar-refractivity contribution in [1.29, 1.82) is 0 Å². The molecule has 5 heteroatoms. The number of carboxylic acids is 1. The van der Waals surface area contributed by atoms with Crippen molar-refractivity contribution in [2.24, 2.45) is 5.73 Å². The van der Waals surface area contributed by atoms with Gasteiger partial charge < -0.3 is 15.9 Å². The average molecular weight is 224 g/mol. The third-order valence-corrected chi connectivity index (χ3v) is 0.514. The molecule has 0 fully saturated rings. The molecule has 0 unspecified atom stereocenters. The van der Waals surface area contributed by atoms with Crippen molar-refractivity contribution >= 4 is 29.9 Å². The molecule has 1 atom stereocenters. The van der Waals surface area contributed by atoms with Gasteiger partial charge >= 0.3 is 5.97 Å². The minimum atomic E-state index is -1.18. The van der Waals surface area contributed by atoms with E-state index in [0.29, 0.717) is 0 Å². The predicted octanol–water partition coefficient (Wildman–Crippen LogP) is -1.99. The monoisotopic (exact) mass is 225 g/mol. The summed E-state index contributed by atoms with van der Waals surface area (Å²) in [5.74, 6) is -1.18. The minimum absolute atomic E-state index is 0. The standard InChI is InChI=1S/C3H7NO3.Sn/c4-2(1-5)3(6)7;/h2,5H,1,4H2,(H,6,7);/t2-;/m0./s1. The number of aliphatic carboxylic acids is 1. The number of nitrogens with two attached hydrogens (primary N) is 1. The molecule has 4 nitrogen and oxygen atoms in total. The third kappa shape index (κ3) is 4.35. The van der Waals surface area contributed by atoms with E-state index in [0.717, 1.165) is 0 Å². The van der Waals surface area contributed by atoms with E-state index in [1.807, 2.05) is 0 Å². The Morgan fingerprint density at radius 1 is 1.75 bits per heavy atom. The van der Waals surface area contributed by atoms with Crippen LogP contribution in [0.3, 0.4) is 0 Å². The molecule has 0 aromatic carbocycles. The zero-order chi connectivity index (χ0) is 5.86. The number of aliphatic hydroxyl groups excluding tert-OH is 1. The number of carboxylic acid groups (broad SMARTS) is 1. The Morgan fingerprint density at radius 2 is 2.12 bits per heavy atom. The SMILES string of the molecule is N[C@@H](CO)C(=O)O.[Sn]. The second-order valence-electron chi connectivity index (χ2n) is 1.13. The first kappa shape index (κ1) is 11.0. The Bertz CT molecular complexity index is 76.9. The van der Waals surface area contributed by atoms with Crippen LogP contribution in [0.1, 0.15) is 0 Å². The third-order valence-electron chi connectivity index (χ3n) is 0.514. The summed E-state index contributed by atoms with van der Waals surface area (Å²) in [6.45, 7) is -0.505. The maximum atomic E-state index is 9.65. The van der Waals surface area contributed by atoms with Crippen LogP contribution in [-0.2, 0) is 4.79 Å². The van der Waals surface area contributed by atoms with Crippen LogP contribution in [0.2, 0.25) is 0 Å². The molecule has 4 radical (unpaired) electrons. The van der Waals surface area contributed by atoms with Crippen LogP contribution in [0, 0.1) is 0 Å². The minimum Gasteiger partial charge on any atom is -0.480 e. The summed E-state index contributed by atoms with van der Waals surface area (Å²) in [6, 6.07) is -1.13. The normalized spacial score (nSPS) is 11.8. The fourth-order valence-electron chi connectivity index (χ4n) is 0.0781. The first-order valence-electron chi connectivity index (χ1n) is 1.77. The van der Waals surface area contributed by atoms with Gasteiger partial charge in [-0.1, -0.05) is 0 Å². The van der Waals surface area contributed by atoms with Crippen LogP contribution < -0.4 is 5.73 Å². The fraction of sp³-hybridized carbons (Fsp3) is 0.667. The number of hydrogen-bond acceptors (Lipinski definition) is 3. The number of carbonyl (C=O) groups is 1. The zero-order valence-electron chi connectivity index (χ0n) is 4.16. The smallest absolute Gasteiger partial charge is 0.322 e. The molecule has 0 heterocycles. The molecular weight excluding hydrogens is 217 g/mol. The zero-order valence-corrected chi connectivity index (χ0v) is 7.02. The van der Waals surface area contributed by atoms with Crippen LogP contribution in [0.4, 0.5) is 0 Å². The van der Waals surface area contributed by atoms with Crippen LogP contribution in [-0.4, -0.2) is 52.7 Å². The van der Waals surface area contributed by atoms with Gasteiger partial charge in [0.15, 0.2) is 0 Å². The van der Waals surface area contributed by atoms with Crippen molar-refractivity contribution in [3.8, 4) is 0 Å². The molecule has 0 rings (SSSR count). The van der Waals surface area contributed by atoms with Crippen LogP contribution in [0.15, 0.2) is 0 Å². The Balaban J connectivity index is 0. The Kier molecular flexibility index (Phi) is 7.36. The maximum Gasteiger partial charge on any atom is 0.322 e. The van der Waals surface area contributed by atoms with E-state index in [-0.39, 0.29) is 23.9 Å². The summed E-state index contributed by atoms with van der Waals surface area (Å²) < 4.78 is 0. The first-order valence-corrected chi connectivity index (χ1v) is 1.77. The van der Waals surface area contributed by atoms with E-state index in [1.54, 1.807) is 0 Å². The Morgan fingerprint density at radius 3 is 2.12 bits per heavy atom. The molecule has 8 heavy (non-hydrogen) atoms. The average Bonchev–Trinajstić information content (AvgIpc) is 1.65. The van der Waals surface area contributed by atoms with Gasteiger partial charge in [-0.25, -0.2) is 0 Å². The van der Waals surface area contributed by atoms with E-state index >= 15 is 0 Å².